The van der Waals surface area contributed by atoms with Crippen LogP contribution in [0.5, 0.6) is 0 Å². The zero-order chi connectivity index (χ0) is 33.4. The van der Waals surface area contributed by atoms with Gasteiger partial charge in [0.15, 0.2) is 0 Å². The van der Waals surface area contributed by atoms with E-state index in [1.807, 2.05) is 6.92 Å². The predicted molar refractivity (Wildman–Crippen MR) is 192 cm³/mol. The van der Waals surface area contributed by atoms with Crippen molar-refractivity contribution in [3.05, 3.63) is 47.0 Å². The topological polar surface area (TPSA) is 59.5 Å². The monoisotopic (exact) mass is 646 g/mol. The number of hydrogen-bond donors (Lipinski definition) is 0. The highest BCUT2D eigenvalue weighted by Crippen LogP contribution is 2.32. The lowest BCUT2D eigenvalue weighted by molar-refractivity contribution is 0.123. The van der Waals surface area contributed by atoms with Crippen LogP contribution in [-0.2, 0) is 42.3 Å². The minimum absolute atomic E-state index is 0.405. The Labute approximate surface area is 279 Å². The normalized spacial score (nSPS) is 17.7. The van der Waals surface area contributed by atoms with Crippen molar-refractivity contribution < 1.29 is 9.47 Å². The van der Waals surface area contributed by atoms with Crippen LogP contribution in [0.2, 0.25) is 0 Å². The third-order valence-electron chi connectivity index (χ3n) is 8.77. The van der Waals surface area contributed by atoms with Gasteiger partial charge < -0.3 is 28.4 Å². The molecule has 0 N–H and O–H groups in total. The molecule has 0 bridgehead atoms. The second kappa shape index (κ2) is 20.8. The van der Waals surface area contributed by atoms with Gasteiger partial charge in [-0.1, -0.05) is 55.4 Å². The van der Waals surface area contributed by atoms with Crippen LogP contribution in [0.3, 0.4) is 0 Å². The highest BCUT2D eigenvalue weighted by atomic mass is 35.5. The van der Waals surface area contributed by atoms with Crippen LogP contribution < -0.4 is 0 Å². The summed E-state index contributed by atoms with van der Waals surface area (Å²) in [7, 11) is 3.49. The summed E-state index contributed by atoms with van der Waals surface area (Å²) in [5.41, 5.74) is 5.67. The van der Waals surface area contributed by atoms with Gasteiger partial charge in [-0.05, 0) is 67.2 Å². The summed E-state index contributed by atoms with van der Waals surface area (Å²) < 4.78 is 15.0. The molecule has 4 rings (SSSR count). The molecule has 4 heterocycles. The van der Waals surface area contributed by atoms with Gasteiger partial charge in [0.2, 0.25) is 0 Å². The van der Waals surface area contributed by atoms with Crippen molar-refractivity contribution in [1.29, 1.82) is 0 Å². The van der Waals surface area contributed by atoms with Crippen LogP contribution >= 0.6 is 11.6 Å². The summed E-state index contributed by atoms with van der Waals surface area (Å²) in [6, 6.07) is 5.72. The van der Waals surface area contributed by atoms with Gasteiger partial charge in [0.25, 0.3) is 0 Å². The van der Waals surface area contributed by atoms with E-state index in [1.54, 1.807) is 14.2 Å². The molecule has 2 aliphatic heterocycles. The van der Waals surface area contributed by atoms with E-state index in [2.05, 4.69) is 105 Å². The van der Waals surface area contributed by atoms with E-state index in [0.717, 1.165) is 57.6 Å². The van der Waals surface area contributed by atoms with Gasteiger partial charge >= 0.3 is 0 Å². The number of hydrogen-bond acceptors (Lipinski definition) is 4. The number of nitrogens with zero attached hydrogens (tertiary/aromatic N) is 6. The number of alkyl halides is 1. The Kier molecular flexibility index (Phi) is 17.9. The van der Waals surface area contributed by atoms with Gasteiger partial charge in [0.1, 0.15) is 13.5 Å². The van der Waals surface area contributed by atoms with Crippen LogP contribution in [0, 0.1) is 11.8 Å². The first-order valence-corrected chi connectivity index (χ1v) is 17.7. The van der Waals surface area contributed by atoms with Crippen LogP contribution in [0.15, 0.2) is 34.5 Å². The molecule has 0 radical (unpaired) electrons. The van der Waals surface area contributed by atoms with E-state index in [9.17, 15) is 0 Å². The average Bonchev–Trinajstić information content (AvgIpc) is 3.62. The molecule has 0 aromatic carbocycles. The number of methoxy groups -OCH3 is 2. The summed E-state index contributed by atoms with van der Waals surface area (Å²) in [6.07, 6.45) is 13.9. The van der Waals surface area contributed by atoms with Crippen molar-refractivity contribution in [2.75, 3.05) is 33.2 Å². The number of aliphatic imine (C=N–C) groups is 2. The first-order valence-electron chi connectivity index (χ1n) is 17.1. The maximum atomic E-state index is 5.34. The Balaban J connectivity index is 0.000000289. The molecule has 0 aliphatic carbocycles. The summed E-state index contributed by atoms with van der Waals surface area (Å²) in [4.78, 5) is 14.4. The summed E-state index contributed by atoms with van der Waals surface area (Å²) in [6.45, 7) is 21.9. The molecule has 2 aromatic rings. The van der Waals surface area contributed by atoms with E-state index in [-0.39, 0.29) is 0 Å². The second-order valence-corrected chi connectivity index (χ2v) is 13.2. The lowest BCUT2D eigenvalue weighted by Crippen LogP contribution is -2.36. The van der Waals surface area contributed by atoms with Crippen molar-refractivity contribution in [2.24, 2.45) is 21.8 Å². The highest BCUT2D eigenvalue weighted by molar-refractivity contribution is 6.17. The number of fused-ring (bicyclic) bond motifs is 2. The molecule has 0 fully saturated rings. The first-order chi connectivity index (χ1) is 21.7. The zero-order valence-corrected chi connectivity index (χ0v) is 30.8. The Morgan fingerprint density at radius 2 is 1.36 bits per heavy atom. The van der Waals surface area contributed by atoms with Crippen molar-refractivity contribution in [3.8, 4) is 0 Å². The minimum Gasteiger partial charge on any atom is -0.364 e. The third kappa shape index (κ3) is 11.5. The molecule has 3 atom stereocenters. The Morgan fingerprint density at radius 1 is 0.822 bits per heavy atom. The summed E-state index contributed by atoms with van der Waals surface area (Å²) >= 11 is 5.00. The van der Waals surface area contributed by atoms with E-state index < -0.39 is 0 Å². The molecule has 2 aromatic heterocycles. The van der Waals surface area contributed by atoms with E-state index in [0.29, 0.717) is 43.4 Å². The van der Waals surface area contributed by atoms with Crippen molar-refractivity contribution in [1.82, 2.24) is 18.9 Å². The fraction of sp³-hybridized carbons (Fsp3) is 0.722. The molecule has 0 saturated carbocycles. The smallest absolute Gasteiger partial charge is 0.122 e. The predicted octanol–water partition coefficient (Wildman–Crippen LogP) is 8.02. The van der Waals surface area contributed by atoms with E-state index in [4.69, 9.17) is 31.1 Å². The van der Waals surface area contributed by atoms with Crippen LogP contribution in [0.4, 0.5) is 0 Å². The van der Waals surface area contributed by atoms with Gasteiger partial charge in [-0.15, -0.1) is 11.6 Å². The van der Waals surface area contributed by atoms with Crippen molar-refractivity contribution in [3.63, 3.8) is 0 Å². The van der Waals surface area contributed by atoms with Gasteiger partial charge in [-0.3, -0.25) is 9.98 Å². The molecule has 9 heteroatoms. The van der Waals surface area contributed by atoms with Gasteiger partial charge in [0, 0.05) is 57.0 Å². The fourth-order valence-corrected chi connectivity index (χ4v) is 6.24. The maximum absolute atomic E-state index is 5.34. The Morgan fingerprint density at radius 3 is 1.91 bits per heavy atom. The van der Waals surface area contributed by atoms with E-state index in [1.165, 1.54) is 22.5 Å². The molecule has 0 spiro atoms. The fourth-order valence-electron chi connectivity index (χ4n) is 6.24. The lowest BCUT2D eigenvalue weighted by Gasteiger charge is -2.35. The quantitative estimate of drug-likeness (QED) is 0.126. The standard InChI is InChI=1S/C18H31N3O.C16H27N3O.C2H5Cl/c1-6-16(14(3)4)19-12-20-10-8-15-9-11-21(13-22-5)18(15)17(20)7-2;1-5-15(13(2)3)17-11-18-8-6-14-7-9-19(12-20-4)16(14)10-18;1-2-3/h9,11-12,14,16-17H,6-8,10,13H2,1-5H3;7,9,11,13,15H,5-6,8,10,12H2,1-4H3;2H2,1H3/t16-,17+;15-;/m11./s1. The Bertz CT molecular complexity index is 1140. The molecule has 0 unspecified atom stereocenters. The van der Waals surface area contributed by atoms with Crippen molar-refractivity contribution >= 4 is 24.3 Å². The number of halogens is 1. The number of rotatable bonds is 13. The molecule has 8 nitrogen and oxygen atoms in total. The lowest BCUT2D eigenvalue weighted by atomic mass is 9.98. The van der Waals surface area contributed by atoms with Crippen LogP contribution in [-0.4, -0.2) is 76.9 Å². The molecular formula is C36H63ClN6O2. The summed E-state index contributed by atoms with van der Waals surface area (Å²) in [5, 5.41) is 0. The first kappa shape index (κ1) is 38.9. The van der Waals surface area contributed by atoms with Gasteiger partial charge in [-0.25, -0.2) is 0 Å². The second-order valence-electron chi connectivity index (χ2n) is 12.7. The number of aromatic nitrogens is 2. The summed E-state index contributed by atoms with van der Waals surface area (Å²) in [5.74, 6) is 1.92. The van der Waals surface area contributed by atoms with E-state index >= 15 is 0 Å². The Hall–Kier alpha value is -2.29. The largest absolute Gasteiger partial charge is 0.364 e. The SMILES string of the molecule is CCCl.CC[C@@H](N=CN1CCc2ccn(COC)c2C1)C(C)C.CC[C@@H](N=CN1CCc2ccn(COC)c2[C@@H]1CC)C(C)C. The zero-order valence-electron chi connectivity index (χ0n) is 30.0. The van der Waals surface area contributed by atoms with Crippen LogP contribution in [0.1, 0.15) is 103 Å². The average molecular weight is 647 g/mol. The molecule has 45 heavy (non-hydrogen) atoms. The maximum Gasteiger partial charge on any atom is 0.122 e. The number of ether oxygens (including phenoxy) is 2. The molecule has 0 saturated heterocycles. The van der Waals surface area contributed by atoms with Gasteiger partial charge in [-0.2, -0.15) is 0 Å². The molecular weight excluding hydrogens is 584 g/mol. The highest BCUT2D eigenvalue weighted by Gasteiger charge is 2.28. The molecule has 2 aliphatic rings. The van der Waals surface area contributed by atoms with Crippen LogP contribution in [0.25, 0.3) is 0 Å². The third-order valence-corrected chi connectivity index (χ3v) is 8.77. The van der Waals surface area contributed by atoms with Crippen molar-refractivity contribution in [2.45, 2.75) is 126 Å². The minimum atomic E-state index is 0.405. The molecule has 256 valence electrons. The van der Waals surface area contributed by atoms with Gasteiger partial charge in [0.05, 0.1) is 37.3 Å². The molecule has 0 amide bonds.